The number of rotatable bonds is 4. The SMILES string of the molecule is CC(=O)O[C@@H](CC(C)C)C1OC(=O)CC1(C)C. The molecule has 0 N–H and O–H groups in total. The van der Waals surface area contributed by atoms with Crippen LogP contribution >= 0.6 is 0 Å². The zero-order valence-electron chi connectivity index (χ0n) is 11.3. The van der Waals surface area contributed by atoms with Crippen LogP contribution in [0.4, 0.5) is 0 Å². The van der Waals surface area contributed by atoms with Crippen LogP contribution in [0.25, 0.3) is 0 Å². The second-order valence-electron chi connectivity index (χ2n) is 5.85. The molecule has 2 atom stereocenters. The van der Waals surface area contributed by atoms with Crippen LogP contribution in [0.15, 0.2) is 0 Å². The molecule has 1 fully saturated rings. The van der Waals surface area contributed by atoms with E-state index in [1.54, 1.807) is 0 Å². The number of carbonyl (C=O) groups excluding carboxylic acids is 2. The number of hydrogen-bond donors (Lipinski definition) is 0. The molecule has 0 aliphatic carbocycles. The smallest absolute Gasteiger partial charge is 0.306 e. The minimum atomic E-state index is -0.339. The van der Waals surface area contributed by atoms with Gasteiger partial charge in [-0.3, -0.25) is 9.59 Å². The van der Waals surface area contributed by atoms with E-state index in [0.29, 0.717) is 18.8 Å². The van der Waals surface area contributed by atoms with Gasteiger partial charge in [-0.05, 0) is 12.3 Å². The molecule has 98 valence electrons. The molecule has 1 aliphatic rings. The Hall–Kier alpha value is -1.06. The Morgan fingerprint density at radius 1 is 1.53 bits per heavy atom. The standard InChI is InChI=1S/C13H22O4/c1-8(2)6-10(16-9(3)14)12-13(4,5)7-11(15)17-12/h8,10,12H,6-7H2,1-5H3/t10-,12?/m0/s1. The van der Waals surface area contributed by atoms with Crippen molar-refractivity contribution in [2.75, 3.05) is 0 Å². The highest BCUT2D eigenvalue weighted by atomic mass is 16.6. The summed E-state index contributed by atoms with van der Waals surface area (Å²) in [5.41, 5.74) is -0.272. The Morgan fingerprint density at radius 3 is 2.47 bits per heavy atom. The van der Waals surface area contributed by atoms with Gasteiger partial charge in [0.2, 0.25) is 0 Å². The Labute approximate surface area is 103 Å². The molecule has 0 saturated carbocycles. The lowest BCUT2D eigenvalue weighted by Crippen LogP contribution is -2.40. The van der Waals surface area contributed by atoms with E-state index in [1.807, 2.05) is 13.8 Å². The molecular formula is C13H22O4. The fraction of sp³-hybridized carbons (Fsp3) is 0.846. The molecule has 4 nitrogen and oxygen atoms in total. The molecule has 0 spiro atoms. The summed E-state index contributed by atoms with van der Waals surface area (Å²) in [6.07, 6.45) is 0.421. The predicted octanol–water partition coefficient (Wildman–Crippen LogP) is 2.31. The minimum Gasteiger partial charge on any atom is -0.459 e. The molecule has 0 aromatic rings. The van der Waals surface area contributed by atoms with Crippen molar-refractivity contribution in [1.82, 2.24) is 0 Å². The van der Waals surface area contributed by atoms with E-state index in [2.05, 4.69) is 13.8 Å². The first-order chi connectivity index (χ1) is 7.72. The lowest BCUT2D eigenvalue weighted by molar-refractivity contribution is -0.164. The van der Waals surface area contributed by atoms with Gasteiger partial charge in [-0.2, -0.15) is 0 Å². The van der Waals surface area contributed by atoms with Gasteiger partial charge in [-0.15, -0.1) is 0 Å². The number of hydrogen-bond acceptors (Lipinski definition) is 4. The molecule has 0 aromatic heterocycles. The lowest BCUT2D eigenvalue weighted by Gasteiger charge is -2.31. The Morgan fingerprint density at radius 2 is 2.12 bits per heavy atom. The predicted molar refractivity (Wildman–Crippen MR) is 63.3 cm³/mol. The largest absolute Gasteiger partial charge is 0.459 e. The average Bonchev–Trinajstić information content (AvgIpc) is 2.36. The van der Waals surface area contributed by atoms with Gasteiger partial charge in [0.15, 0.2) is 0 Å². The molecule has 0 amide bonds. The third-order valence-electron chi connectivity index (χ3n) is 2.99. The quantitative estimate of drug-likeness (QED) is 0.710. The Balaban J connectivity index is 2.81. The molecule has 17 heavy (non-hydrogen) atoms. The highest BCUT2D eigenvalue weighted by molar-refractivity contribution is 5.73. The summed E-state index contributed by atoms with van der Waals surface area (Å²) in [6.45, 7) is 9.44. The Bertz CT molecular complexity index is 307. The van der Waals surface area contributed by atoms with Crippen molar-refractivity contribution in [1.29, 1.82) is 0 Å². The summed E-state index contributed by atoms with van der Waals surface area (Å²) in [7, 11) is 0. The van der Waals surface area contributed by atoms with E-state index >= 15 is 0 Å². The zero-order valence-corrected chi connectivity index (χ0v) is 11.3. The van der Waals surface area contributed by atoms with Gasteiger partial charge in [-0.25, -0.2) is 0 Å². The summed E-state index contributed by atoms with van der Waals surface area (Å²) in [6, 6.07) is 0. The summed E-state index contributed by atoms with van der Waals surface area (Å²) >= 11 is 0. The minimum absolute atomic E-state index is 0.207. The third kappa shape index (κ3) is 3.72. The second kappa shape index (κ2) is 5.07. The molecule has 1 saturated heterocycles. The maximum Gasteiger partial charge on any atom is 0.306 e. The van der Waals surface area contributed by atoms with Gasteiger partial charge in [-0.1, -0.05) is 27.7 Å². The number of ether oxygens (including phenoxy) is 2. The molecule has 4 heteroatoms. The second-order valence-corrected chi connectivity index (χ2v) is 5.85. The number of cyclic esters (lactones) is 1. The van der Waals surface area contributed by atoms with Crippen LogP contribution in [-0.2, 0) is 19.1 Å². The summed E-state index contributed by atoms with van der Waals surface area (Å²) in [4.78, 5) is 22.5. The monoisotopic (exact) mass is 242 g/mol. The van der Waals surface area contributed by atoms with Gasteiger partial charge in [0.05, 0.1) is 6.42 Å². The zero-order chi connectivity index (χ0) is 13.2. The van der Waals surface area contributed by atoms with Crippen molar-refractivity contribution < 1.29 is 19.1 Å². The van der Waals surface area contributed by atoms with Crippen molar-refractivity contribution in [3.8, 4) is 0 Å². The molecule has 0 bridgehead atoms. The van der Waals surface area contributed by atoms with Gasteiger partial charge in [0.1, 0.15) is 12.2 Å². The molecule has 1 rings (SSSR count). The highest BCUT2D eigenvalue weighted by Crippen LogP contribution is 2.38. The Kier molecular flexibility index (Phi) is 4.17. The van der Waals surface area contributed by atoms with Gasteiger partial charge in [0.25, 0.3) is 0 Å². The summed E-state index contributed by atoms with van der Waals surface area (Å²) in [5.74, 6) is -0.148. The fourth-order valence-corrected chi connectivity index (χ4v) is 2.31. The number of esters is 2. The maximum absolute atomic E-state index is 11.4. The molecular weight excluding hydrogens is 220 g/mol. The van der Waals surface area contributed by atoms with Crippen LogP contribution in [-0.4, -0.2) is 24.1 Å². The summed E-state index contributed by atoms with van der Waals surface area (Å²) in [5, 5.41) is 0. The van der Waals surface area contributed by atoms with E-state index in [-0.39, 0.29) is 29.6 Å². The van der Waals surface area contributed by atoms with Crippen LogP contribution in [0.3, 0.4) is 0 Å². The van der Waals surface area contributed by atoms with Crippen LogP contribution in [0, 0.1) is 11.3 Å². The molecule has 1 aliphatic heterocycles. The lowest BCUT2D eigenvalue weighted by atomic mass is 9.81. The first kappa shape index (κ1) is 14.0. The first-order valence-corrected chi connectivity index (χ1v) is 6.09. The van der Waals surface area contributed by atoms with E-state index in [9.17, 15) is 9.59 Å². The molecule has 0 radical (unpaired) electrons. The van der Waals surface area contributed by atoms with Crippen molar-refractivity contribution in [2.24, 2.45) is 11.3 Å². The van der Waals surface area contributed by atoms with Gasteiger partial charge < -0.3 is 9.47 Å². The first-order valence-electron chi connectivity index (χ1n) is 6.09. The normalized spacial score (nSPS) is 24.6. The fourth-order valence-electron chi connectivity index (χ4n) is 2.31. The molecule has 0 aromatic carbocycles. The topological polar surface area (TPSA) is 52.6 Å². The average molecular weight is 242 g/mol. The van der Waals surface area contributed by atoms with Crippen LogP contribution < -0.4 is 0 Å². The number of carbonyl (C=O) groups is 2. The van der Waals surface area contributed by atoms with E-state index < -0.39 is 0 Å². The highest BCUT2D eigenvalue weighted by Gasteiger charge is 2.47. The van der Waals surface area contributed by atoms with Gasteiger partial charge >= 0.3 is 11.9 Å². The van der Waals surface area contributed by atoms with Crippen molar-refractivity contribution >= 4 is 11.9 Å². The van der Waals surface area contributed by atoms with Crippen molar-refractivity contribution in [2.45, 2.75) is 59.7 Å². The molecule has 1 heterocycles. The van der Waals surface area contributed by atoms with Gasteiger partial charge in [0, 0.05) is 12.3 Å². The van der Waals surface area contributed by atoms with Crippen LogP contribution in [0.2, 0.25) is 0 Å². The van der Waals surface area contributed by atoms with Crippen molar-refractivity contribution in [3.05, 3.63) is 0 Å². The van der Waals surface area contributed by atoms with E-state index in [4.69, 9.17) is 9.47 Å². The third-order valence-corrected chi connectivity index (χ3v) is 2.99. The van der Waals surface area contributed by atoms with Crippen LogP contribution in [0.1, 0.15) is 47.5 Å². The summed E-state index contributed by atoms with van der Waals surface area (Å²) < 4.78 is 10.6. The van der Waals surface area contributed by atoms with E-state index in [1.165, 1.54) is 6.92 Å². The van der Waals surface area contributed by atoms with Crippen LogP contribution in [0.5, 0.6) is 0 Å². The molecule has 1 unspecified atom stereocenters. The van der Waals surface area contributed by atoms with Crippen molar-refractivity contribution in [3.63, 3.8) is 0 Å². The maximum atomic E-state index is 11.4. The van der Waals surface area contributed by atoms with E-state index in [0.717, 1.165) is 0 Å².